The molecule has 1 aromatic heterocycles. The van der Waals surface area contributed by atoms with E-state index < -0.39 is 0 Å². The average Bonchev–Trinajstić information content (AvgIpc) is 2.95. The molecule has 0 saturated heterocycles. The summed E-state index contributed by atoms with van der Waals surface area (Å²) in [5.74, 6) is 5.58. The molecule has 0 bridgehead atoms. The van der Waals surface area contributed by atoms with E-state index in [1.165, 1.54) is 11.3 Å². The molecule has 1 amide bonds. The molecule has 0 aliphatic heterocycles. The Labute approximate surface area is 132 Å². The van der Waals surface area contributed by atoms with Gasteiger partial charge in [0.2, 0.25) is 0 Å². The Balaban J connectivity index is 1.99. The minimum atomic E-state index is -0.145. The van der Waals surface area contributed by atoms with Crippen LogP contribution in [-0.4, -0.2) is 17.6 Å². The van der Waals surface area contributed by atoms with Gasteiger partial charge >= 0.3 is 0 Å². The fourth-order valence-electron chi connectivity index (χ4n) is 1.66. The lowest BCUT2D eigenvalue weighted by Crippen LogP contribution is -2.22. The maximum absolute atomic E-state index is 12.2. The number of halogens is 1. The fourth-order valence-corrected chi connectivity index (χ4v) is 2.55. The number of hydrogen-bond acceptors (Lipinski definition) is 3. The van der Waals surface area contributed by atoms with E-state index in [0.717, 1.165) is 5.56 Å². The Kier molecular flexibility index (Phi) is 5.82. The van der Waals surface area contributed by atoms with E-state index in [1.54, 1.807) is 12.1 Å². The van der Waals surface area contributed by atoms with Crippen molar-refractivity contribution < 1.29 is 9.90 Å². The van der Waals surface area contributed by atoms with Crippen LogP contribution < -0.4 is 5.32 Å². The third kappa shape index (κ3) is 4.61. The summed E-state index contributed by atoms with van der Waals surface area (Å²) in [6.45, 7) is 0.465. The van der Waals surface area contributed by atoms with Gasteiger partial charge < -0.3 is 10.4 Å². The number of thiophene rings is 1. The van der Waals surface area contributed by atoms with Crippen molar-refractivity contribution in [3.05, 3.63) is 56.7 Å². The molecule has 0 aliphatic rings. The van der Waals surface area contributed by atoms with Crippen molar-refractivity contribution in [2.45, 2.75) is 13.0 Å². The zero-order chi connectivity index (χ0) is 15.1. The summed E-state index contributed by atoms with van der Waals surface area (Å²) in [6.07, 6.45) is 0.404. The predicted molar refractivity (Wildman–Crippen MR) is 85.5 cm³/mol. The topological polar surface area (TPSA) is 49.3 Å². The van der Waals surface area contributed by atoms with Crippen molar-refractivity contribution in [3.8, 4) is 11.8 Å². The first-order chi connectivity index (χ1) is 10.2. The standard InChI is InChI=1S/C16H14ClNO2S/c17-14-6-4-12(5-7-14)11-18-16(20)15-13(8-10-21-15)3-1-2-9-19/h4-8,10,19H,2,9,11H2,(H,18,20). The van der Waals surface area contributed by atoms with Gasteiger partial charge in [0.15, 0.2) is 0 Å². The molecule has 5 heteroatoms. The van der Waals surface area contributed by atoms with Crippen LogP contribution in [0, 0.1) is 11.8 Å². The van der Waals surface area contributed by atoms with Crippen LogP contribution in [0.2, 0.25) is 5.02 Å². The summed E-state index contributed by atoms with van der Waals surface area (Å²) in [5, 5.41) is 14.1. The number of hydrogen-bond donors (Lipinski definition) is 2. The third-order valence-electron chi connectivity index (χ3n) is 2.70. The van der Waals surface area contributed by atoms with E-state index in [9.17, 15) is 4.79 Å². The van der Waals surface area contributed by atoms with Crippen LogP contribution in [0.25, 0.3) is 0 Å². The van der Waals surface area contributed by atoms with Crippen LogP contribution in [0.5, 0.6) is 0 Å². The molecular formula is C16H14ClNO2S. The second-order valence-electron chi connectivity index (χ2n) is 4.25. The van der Waals surface area contributed by atoms with E-state index in [4.69, 9.17) is 16.7 Å². The molecular weight excluding hydrogens is 306 g/mol. The highest BCUT2D eigenvalue weighted by atomic mass is 35.5. The highest BCUT2D eigenvalue weighted by molar-refractivity contribution is 7.12. The highest BCUT2D eigenvalue weighted by Gasteiger charge is 2.11. The molecule has 2 rings (SSSR count). The summed E-state index contributed by atoms with van der Waals surface area (Å²) < 4.78 is 0. The molecule has 21 heavy (non-hydrogen) atoms. The second kappa shape index (κ2) is 7.84. The summed E-state index contributed by atoms with van der Waals surface area (Å²) in [4.78, 5) is 12.7. The van der Waals surface area contributed by atoms with E-state index in [-0.39, 0.29) is 12.5 Å². The third-order valence-corrected chi connectivity index (χ3v) is 3.86. The zero-order valence-corrected chi connectivity index (χ0v) is 12.8. The van der Waals surface area contributed by atoms with Gasteiger partial charge in [-0.1, -0.05) is 35.6 Å². The van der Waals surface area contributed by atoms with Crippen molar-refractivity contribution in [1.82, 2.24) is 5.32 Å². The molecule has 3 nitrogen and oxygen atoms in total. The van der Waals surface area contributed by atoms with Crippen LogP contribution in [-0.2, 0) is 6.54 Å². The van der Waals surface area contributed by atoms with Crippen molar-refractivity contribution in [2.24, 2.45) is 0 Å². The summed E-state index contributed by atoms with van der Waals surface area (Å²) in [5.41, 5.74) is 1.68. The zero-order valence-electron chi connectivity index (χ0n) is 11.2. The Bertz CT molecular complexity index is 668. The molecule has 1 aromatic carbocycles. The smallest absolute Gasteiger partial charge is 0.262 e. The fraction of sp³-hybridized carbons (Fsp3) is 0.188. The molecule has 0 radical (unpaired) electrons. The lowest BCUT2D eigenvalue weighted by atomic mass is 10.2. The molecule has 0 fully saturated rings. The van der Waals surface area contributed by atoms with Gasteiger partial charge in [0.25, 0.3) is 5.91 Å². The Morgan fingerprint density at radius 2 is 2.05 bits per heavy atom. The maximum atomic E-state index is 12.2. The second-order valence-corrected chi connectivity index (χ2v) is 5.60. The number of nitrogens with one attached hydrogen (secondary N) is 1. The number of benzene rings is 1. The molecule has 0 unspecified atom stereocenters. The minimum absolute atomic E-state index is 0.0230. The number of carbonyl (C=O) groups excluding carboxylic acids is 1. The molecule has 0 saturated carbocycles. The Morgan fingerprint density at radius 3 is 2.76 bits per heavy atom. The van der Waals surface area contributed by atoms with Crippen LogP contribution in [0.1, 0.15) is 27.2 Å². The van der Waals surface area contributed by atoms with E-state index in [1.807, 2.05) is 23.6 Å². The van der Waals surface area contributed by atoms with Crippen LogP contribution >= 0.6 is 22.9 Å². The van der Waals surface area contributed by atoms with Gasteiger partial charge in [-0.05, 0) is 29.1 Å². The highest BCUT2D eigenvalue weighted by Crippen LogP contribution is 2.16. The molecule has 0 spiro atoms. The summed E-state index contributed by atoms with van der Waals surface area (Å²) >= 11 is 7.17. The summed E-state index contributed by atoms with van der Waals surface area (Å²) in [7, 11) is 0. The first-order valence-electron chi connectivity index (χ1n) is 6.40. The van der Waals surface area contributed by atoms with Gasteiger partial charge in [-0.2, -0.15) is 0 Å². The Hall–Kier alpha value is -1.80. The number of rotatable bonds is 4. The van der Waals surface area contributed by atoms with Gasteiger partial charge in [0, 0.05) is 23.6 Å². The van der Waals surface area contributed by atoms with Gasteiger partial charge in [-0.25, -0.2) is 0 Å². The number of aliphatic hydroxyl groups excluding tert-OH is 1. The lowest BCUT2D eigenvalue weighted by Gasteiger charge is -2.04. The van der Waals surface area contributed by atoms with E-state index in [2.05, 4.69) is 17.2 Å². The van der Waals surface area contributed by atoms with Gasteiger partial charge in [0.05, 0.1) is 6.61 Å². The van der Waals surface area contributed by atoms with Crippen LogP contribution in [0.4, 0.5) is 0 Å². The molecule has 0 atom stereocenters. The molecule has 108 valence electrons. The van der Waals surface area contributed by atoms with Gasteiger partial charge in [-0.3, -0.25) is 4.79 Å². The number of amides is 1. The summed E-state index contributed by atoms with van der Waals surface area (Å²) in [6, 6.07) is 9.14. The number of carbonyl (C=O) groups is 1. The van der Waals surface area contributed by atoms with Gasteiger partial charge in [-0.15, -0.1) is 11.3 Å². The maximum Gasteiger partial charge on any atom is 0.262 e. The number of aliphatic hydroxyl groups is 1. The minimum Gasteiger partial charge on any atom is -0.395 e. The predicted octanol–water partition coefficient (Wildman–Crippen LogP) is 3.07. The van der Waals surface area contributed by atoms with Crippen molar-refractivity contribution in [2.75, 3.05) is 6.61 Å². The average molecular weight is 320 g/mol. The first-order valence-corrected chi connectivity index (χ1v) is 7.66. The van der Waals surface area contributed by atoms with Crippen LogP contribution in [0.3, 0.4) is 0 Å². The molecule has 2 N–H and O–H groups in total. The van der Waals surface area contributed by atoms with Crippen molar-refractivity contribution in [3.63, 3.8) is 0 Å². The van der Waals surface area contributed by atoms with Crippen molar-refractivity contribution >= 4 is 28.8 Å². The quantitative estimate of drug-likeness (QED) is 0.851. The van der Waals surface area contributed by atoms with E-state index >= 15 is 0 Å². The first kappa shape index (κ1) is 15.6. The molecule has 0 aliphatic carbocycles. The SMILES string of the molecule is O=C(NCc1ccc(Cl)cc1)c1sccc1C#CCCO. The monoisotopic (exact) mass is 319 g/mol. The molecule has 2 aromatic rings. The Morgan fingerprint density at radius 1 is 1.29 bits per heavy atom. The van der Waals surface area contributed by atoms with Crippen molar-refractivity contribution in [1.29, 1.82) is 0 Å². The molecule has 1 heterocycles. The van der Waals surface area contributed by atoms with Crippen LogP contribution in [0.15, 0.2) is 35.7 Å². The van der Waals surface area contributed by atoms with E-state index in [0.29, 0.717) is 28.4 Å². The largest absolute Gasteiger partial charge is 0.395 e. The normalized spacial score (nSPS) is 9.81. The lowest BCUT2D eigenvalue weighted by molar-refractivity contribution is 0.0955. The van der Waals surface area contributed by atoms with Gasteiger partial charge in [0.1, 0.15) is 4.88 Å².